The summed E-state index contributed by atoms with van der Waals surface area (Å²) in [6, 6.07) is 0.999. The van der Waals surface area contributed by atoms with Crippen LogP contribution < -0.4 is 5.73 Å². The fourth-order valence-electron chi connectivity index (χ4n) is 2.97. The lowest BCUT2D eigenvalue weighted by atomic mass is 9.88. The monoisotopic (exact) mass is 289 g/mol. The molecule has 0 fully saturated rings. The van der Waals surface area contributed by atoms with Crippen LogP contribution in [0.25, 0.3) is 0 Å². The minimum Gasteiger partial charge on any atom is -0.398 e. The van der Waals surface area contributed by atoms with E-state index in [-0.39, 0.29) is 5.60 Å². The molecule has 4 heteroatoms. The van der Waals surface area contributed by atoms with E-state index in [1.165, 1.54) is 19.3 Å². The van der Waals surface area contributed by atoms with Crippen molar-refractivity contribution in [2.45, 2.75) is 83.9 Å². The topological polar surface area (TPSA) is 44.5 Å². The van der Waals surface area contributed by atoms with Gasteiger partial charge in [0.1, 0.15) is 0 Å². The largest absolute Gasteiger partial charge is 0.398 e. The minimum absolute atomic E-state index is 0.0316. The summed E-state index contributed by atoms with van der Waals surface area (Å²) in [5.74, 6) is 0. The van der Waals surface area contributed by atoms with Gasteiger partial charge in [0.05, 0.1) is 5.60 Å². The van der Waals surface area contributed by atoms with E-state index in [1.807, 2.05) is 0 Å². The standard InChI is InChI=1S/C15H35NO2Si/c1-6-10-15(11-7-2,12-8-3)18-19(5,17-4)14-9-13-16/h6-14,16H2,1-5H3. The average Bonchev–Trinajstić information content (AvgIpc) is 2.37. The lowest BCUT2D eigenvalue weighted by molar-refractivity contribution is 0.00309. The first-order valence-corrected chi connectivity index (χ1v) is 10.5. The zero-order chi connectivity index (χ0) is 14.8. The molecule has 0 aliphatic carbocycles. The van der Waals surface area contributed by atoms with E-state index in [9.17, 15) is 0 Å². The van der Waals surface area contributed by atoms with Crippen molar-refractivity contribution < 1.29 is 8.85 Å². The molecule has 0 saturated carbocycles. The van der Waals surface area contributed by atoms with Crippen LogP contribution in [0, 0.1) is 0 Å². The molecule has 0 aromatic carbocycles. The Labute approximate surface area is 121 Å². The number of hydrogen-bond donors (Lipinski definition) is 1. The van der Waals surface area contributed by atoms with Crippen LogP contribution in [0.15, 0.2) is 0 Å². The quantitative estimate of drug-likeness (QED) is 0.547. The molecule has 0 heterocycles. The summed E-state index contributed by atoms with van der Waals surface area (Å²) in [6.07, 6.45) is 7.94. The molecular formula is C15H35NO2Si. The first-order valence-electron chi connectivity index (χ1n) is 7.96. The molecule has 0 aliphatic heterocycles. The first-order chi connectivity index (χ1) is 9.01. The maximum Gasteiger partial charge on any atom is 0.335 e. The summed E-state index contributed by atoms with van der Waals surface area (Å²) in [7, 11) is -0.269. The Balaban J connectivity index is 4.90. The van der Waals surface area contributed by atoms with Gasteiger partial charge in [0, 0.05) is 7.11 Å². The smallest absolute Gasteiger partial charge is 0.335 e. The van der Waals surface area contributed by atoms with Crippen LogP contribution in [0.2, 0.25) is 12.6 Å². The Morgan fingerprint density at radius 1 is 1.00 bits per heavy atom. The van der Waals surface area contributed by atoms with E-state index >= 15 is 0 Å². The first kappa shape index (κ1) is 19.1. The van der Waals surface area contributed by atoms with Crippen LogP contribution in [0.1, 0.15) is 65.7 Å². The molecule has 0 amide bonds. The Morgan fingerprint density at radius 2 is 1.47 bits per heavy atom. The van der Waals surface area contributed by atoms with Crippen molar-refractivity contribution in [2.75, 3.05) is 13.7 Å². The molecule has 0 aromatic heterocycles. The van der Waals surface area contributed by atoms with E-state index in [2.05, 4.69) is 27.3 Å². The van der Waals surface area contributed by atoms with Crippen molar-refractivity contribution in [1.82, 2.24) is 0 Å². The van der Waals surface area contributed by atoms with Gasteiger partial charge in [-0.1, -0.05) is 40.0 Å². The van der Waals surface area contributed by atoms with Gasteiger partial charge in [0.15, 0.2) is 0 Å². The molecule has 0 aliphatic rings. The van der Waals surface area contributed by atoms with Gasteiger partial charge in [-0.3, -0.25) is 0 Å². The third-order valence-electron chi connectivity index (χ3n) is 3.82. The van der Waals surface area contributed by atoms with E-state index in [4.69, 9.17) is 14.6 Å². The molecule has 1 unspecified atom stereocenters. The molecule has 3 nitrogen and oxygen atoms in total. The second-order valence-electron chi connectivity index (χ2n) is 5.77. The van der Waals surface area contributed by atoms with E-state index < -0.39 is 8.56 Å². The fourth-order valence-corrected chi connectivity index (χ4v) is 5.43. The predicted molar refractivity (Wildman–Crippen MR) is 85.6 cm³/mol. The lowest BCUT2D eigenvalue weighted by Gasteiger charge is -2.41. The third kappa shape index (κ3) is 6.89. The number of hydrogen-bond acceptors (Lipinski definition) is 3. The van der Waals surface area contributed by atoms with Crippen LogP contribution in [-0.2, 0) is 8.85 Å². The Hall–Kier alpha value is 0.0969. The molecule has 0 saturated heterocycles. The highest BCUT2D eigenvalue weighted by molar-refractivity contribution is 6.66. The predicted octanol–water partition coefficient (Wildman–Crippen LogP) is 4.21. The highest BCUT2D eigenvalue weighted by Crippen LogP contribution is 2.34. The Morgan fingerprint density at radius 3 is 1.79 bits per heavy atom. The maximum absolute atomic E-state index is 6.66. The number of nitrogens with two attached hydrogens (primary N) is 1. The Bertz CT molecular complexity index is 209. The van der Waals surface area contributed by atoms with Gasteiger partial charge in [-0.2, -0.15) is 0 Å². The van der Waals surface area contributed by atoms with Crippen molar-refractivity contribution in [3.8, 4) is 0 Å². The summed E-state index contributed by atoms with van der Waals surface area (Å²) in [5, 5.41) is 0. The van der Waals surface area contributed by atoms with Crippen molar-refractivity contribution in [3.63, 3.8) is 0 Å². The summed E-state index contributed by atoms with van der Waals surface area (Å²) < 4.78 is 12.5. The van der Waals surface area contributed by atoms with E-state index in [1.54, 1.807) is 7.11 Å². The molecule has 0 radical (unpaired) electrons. The van der Waals surface area contributed by atoms with Crippen molar-refractivity contribution in [1.29, 1.82) is 0 Å². The molecule has 0 aromatic rings. The third-order valence-corrected chi connectivity index (χ3v) is 6.81. The van der Waals surface area contributed by atoms with Crippen LogP contribution in [0.3, 0.4) is 0 Å². The molecule has 0 rings (SSSR count). The molecule has 1 atom stereocenters. The summed E-state index contributed by atoms with van der Waals surface area (Å²) in [4.78, 5) is 0. The minimum atomic E-state index is -2.07. The average molecular weight is 290 g/mol. The van der Waals surface area contributed by atoms with Gasteiger partial charge in [-0.15, -0.1) is 0 Å². The molecule has 19 heavy (non-hydrogen) atoms. The molecule has 0 spiro atoms. The summed E-state index contributed by atoms with van der Waals surface area (Å²) >= 11 is 0. The maximum atomic E-state index is 6.66. The second-order valence-corrected chi connectivity index (χ2v) is 9.15. The Kier molecular flexibility index (Phi) is 9.97. The molecule has 2 N–H and O–H groups in total. The lowest BCUT2D eigenvalue weighted by Crippen LogP contribution is -2.48. The van der Waals surface area contributed by atoms with Crippen LogP contribution in [0.5, 0.6) is 0 Å². The zero-order valence-electron chi connectivity index (χ0n) is 13.8. The van der Waals surface area contributed by atoms with E-state index in [0.29, 0.717) is 0 Å². The number of rotatable bonds is 12. The van der Waals surface area contributed by atoms with Crippen LogP contribution >= 0.6 is 0 Å². The van der Waals surface area contributed by atoms with Crippen LogP contribution in [-0.4, -0.2) is 27.8 Å². The highest BCUT2D eigenvalue weighted by atomic mass is 28.4. The SMILES string of the molecule is CCCC(CCC)(CCC)O[Si](C)(CCCN)OC. The van der Waals surface area contributed by atoms with Gasteiger partial charge in [-0.05, 0) is 44.8 Å². The molecule has 0 bridgehead atoms. The molecular weight excluding hydrogens is 254 g/mol. The zero-order valence-corrected chi connectivity index (χ0v) is 14.8. The summed E-state index contributed by atoms with van der Waals surface area (Å²) in [5.41, 5.74) is 5.67. The van der Waals surface area contributed by atoms with Gasteiger partial charge < -0.3 is 14.6 Å². The van der Waals surface area contributed by atoms with Crippen molar-refractivity contribution >= 4 is 8.56 Å². The highest BCUT2D eigenvalue weighted by Gasteiger charge is 2.40. The van der Waals surface area contributed by atoms with Gasteiger partial charge in [0.2, 0.25) is 0 Å². The van der Waals surface area contributed by atoms with Crippen molar-refractivity contribution in [2.24, 2.45) is 5.73 Å². The normalized spacial score (nSPS) is 15.5. The van der Waals surface area contributed by atoms with E-state index in [0.717, 1.165) is 38.3 Å². The van der Waals surface area contributed by atoms with Gasteiger partial charge in [0.25, 0.3) is 0 Å². The molecule has 116 valence electrons. The second kappa shape index (κ2) is 9.92. The van der Waals surface area contributed by atoms with Crippen molar-refractivity contribution in [3.05, 3.63) is 0 Å². The fraction of sp³-hybridized carbons (Fsp3) is 1.00. The van der Waals surface area contributed by atoms with Crippen LogP contribution in [0.4, 0.5) is 0 Å². The van der Waals surface area contributed by atoms with Gasteiger partial charge in [-0.25, -0.2) is 0 Å². The van der Waals surface area contributed by atoms with Gasteiger partial charge >= 0.3 is 8.56 Å². The summed E-state index contributed by atoms with van der Waals surface area (Å²) in [6.45, 7) is 9.65.